The smallest absolute Gasteiger partial charge is 0.0157 e. The molecule has 0 spiro atoms. The molecule has 0 unspecified atom stereocenters. The summed E-state index contributed by atoms with van der Waals surface area (Å²) in [7, 11) is -4.52. The number of rotatable bonds is 9. The maximum absolute atomic E-state index is 10.3. The zero-order valence-electron chi connectivity index (χ0n) is 19.4. The summed E-state index contributed by atoms with van der Waals surface area (Å²) in [6, 6.07) is 7.23. The van der Waals surface area contributed by atoms with Gasteiger partial charge in [-0.3, -0.25) is 0 Å². The average Bonchev–Trinajstić information content (AvgIpc) is 2.54. The van der Waals surface area contributed by atoms with Crippen molar-refractivity contribution in [3.63, 3.8) is 0 Å². The normalized spacial score (nSPS) is 10.8. The molecule has 0 fully saturated rings. The monoisotopic (exact) mass is 438 g/mol. The van der Waals surface area contributed by atoms with E-state index in [9.17, 15) is 14.4 Å². The van der Waals surface area contributed by atoms with Crippen molar-refractivity contribution in [1.82, 2.24) is 0 Å². The van der Waals surface area contributed by atoms with Gasteiger partial charge in [-0.25, -0.2) is 0 Å². The van der Waals surface area contributed by atoms with Crippen molar-refractivity contribution in [2.45, 2.75) is 76.5 Å². The van der Waals surface area contributed by atoms with Gasteiger partial charge in [0.15, 0.2) is 0 Å². The zero-order chi connectivity index (χ0) is 22.2. The standard InChI is InChI=1S/C6H7O3P.4C4H9.2Al/c7-10(8,9)6-4-2-1-3-5-6;4*1-4(2)3;;/h1-5H,(H2,7,8,9);4*4H,1H2,2-3H3;;/q;;;;;2*+1/p-2. The topological polar surface area (TPSA) is 63.2 Å². The number of benzene rings is 1. The molecule has 0 aromatic heterocycles. The van der Waals surface area contributed by atoms with E-state index in [1.165, 1.54) is 45.4 Å². The van der Waals surface area contributed by atoms with Crippen molar-refractivity contribution in [3.8, 4) is 0 Å². The summed E-state index contributed by atoms with van der Waals surface area (Å²) in [6.07, 6.45) is 0. The Morgan fingerprint density at radius 1 is 0.679 bits per heavy atom. The summed E-state index contributed by atoms with van der Waals surface area (Å²) in [5, 5.41) is 5.78. The fourth-order valence-corrected chi connectivity index (χ4v) is 5.73. The van der Waals surface area contributed by atoms with Crippen molar-refractivity contribution in [2.75, 3.05) is 0 Å². The van der Waals surface area contributed by atoms with Crippen LogP contribution in [0.4, 0.5) is 0 Å². The zero-order valence-corrected chi connectivity index (χ0v) is 22.6. The summed E-state index contributed by atoms with van der Waals surface area (Å²) < 4.78 is 10.3. The molecule has 0 N–H and O–H groups in total. The molecule has 1 rings (SSSR count). The molecule has 0 heterocycles. The molecule has 0 saturated carbocycles. The quantitative estimate of drug-likeness (QED) is 0.407. The van der Waals surface area contributed by atoms with Gasteiger partial charge in [-0.2, -0.15) is 0 Å². The van der Waals surface area contributed by atoms with Gasteiger partial charge in [0.2, 0.25) is 0 Å². The molecule has 0 saturated heterocycles. The van der Waals surface area contributed by atoms with Crippen LogP contribution in [0.15, 0.2) is 30.3 Å². The van der Waals surface area contributed by atoms with Crippen LogP contribution >= 0.6 is 7.60 Å². The third-order valence-corrected chi connectivity index (χ3v) is 9.66. The molecule has 1 aromatic carbocycles. The molecular weight excluding hydrogens is 397 g/mol. The molecule has 6 heteroatoms. The van der Waals surface area contributed by atoms with Gasteiger partial charge in [0.25, 0.3) is 0 Å². The molecule has 158 valence electrons. The molecule has 1 aromatic rings. The summed E-state index contributed by atoms with van der Waals surface area (Å²) >= 11 is 1.51. The van der Waals surface area contributed by atoms with Crippen LogP contribution < -0.4 is 15.1 Å². The van der Waals surface area contributed by atoms with Crippen molar-refractivity contribution in [2.24, 2.45) is 23.7 Å². The molecule has 0 aliphatic rings. The molecular formula is C22H41Al2O3P. The third-order valence-electron chi connectivity index (χ3n) is 3.62. The second kappa shape index (κ2) is 18.2. The maximum atomic E-state index is 10.3. The van der Waals surface area contributed by atoms with E-state index in [0.717, 1.165) is 54.1 Å². The molecule has 0 bridgehead atoms. The average molecular weight is 439 g/mol. The SMILES string of the molecule is CC(C)[CH2][Al+][CH2]C(C)C.CC(C)[CH2][Al+][CH2]C(C)C.O=P([O-])([O-])c1ccccc1. The van der Waals surface area contributed by atoms with Gasteiger partial charge in [-0.05, 0) is 12.9 Å². The van der Waals surface area contributed by atoms with Crippen LogP contribution in [0.25, 0.3) is 0 Å². The van der Waals surface area contributed by atoms with Gasteiger partial charge in [0.1, 0.15) is 0 Å². The first kappa shape index (κ1) is 30.6. The third kappa shape index (κ3) is 24.5. The van der Waals surface area contributed by atoms with E-state index in [-0.39, 0.29) is 5.30 Å². The van der Waals surface area contributed by atoms with Crippen molar-refractivity contribution in [3.05, 3.63) is 30.3 Å². The van der Waals surface area contributed by atoms with E-state index in [4.69, 9.17) is 0 Å². The fraction of sp³-hybridized carbons (Fsp3) is 0.727. The van der Waals surface area contributed by atoms with Crippen molar-refractivity contribution in [1.29, 1.82) is 0 Å². The Morgan fingerprint density at radius 3 is 1.14 bits per heavy atom. The Bertz CT molecular complexity index is 466. The van der Waals surface area contributed by atoms with Crippen LogP contribution in [0, 0.1) is 23.7 Å². The Labute approximate surface area is 187 Å². The van der Waals surface area contributed by atoms with E-state index in [2.05, 4.69) is 55.4 Å². The summed E-state index contributed by atoms with van der Waals surface area (Å²) in [4.78, 5) is 20.6. The first-order chi connectivity index (χ1) is 12.9. The van der Waals surface area contributed by atoms with Gasteiger partial charge in [-0.15, -0.1) is 0 Å². The molecule has 3 nitrogen and oxygen atoms in total. The van der Waals surface area contributed by atoms with Crippen LogP contribution in [0.2, 0.25) is 21.1 Å². The summed E-state index contributed by atoms with van der Waals surface area (Å²) in [6.45, 7) is 18.5. The predicted molar refractivity (Wildman–Crippen MR) is 124 cm³/mol. The second-order valence-electron chi connectivity index (χ2n) is 8.93. The molecule has 0 aliphatic heterocycles. The van der Waals surface area contributed by atoms with E-state index in [1.807, 2.05) is 0 Å². The minimum absolute atomic E-state index is 0.157. The van der Waals surface area contributed by atoms with Gasteiger partial charge >= 0.3 is 131 Å². The maximum Gasteiger partial charge on any atom is -0.0157 e. The Hall–Kier alpha value is 0.435. The predicted octanol–water partition coefficient (Wildman–Crippen LogP) is 4.90. The van der Waals surface area contributed by atoms with Crippen LogP contribution in [0.5, 0.6) is 0 Å². The minimum Gasteiger partial charge on any atom is -0.807 e. The second-order valence-corrected chi connectivity index (χ2v) is 13.5. The molecule has 0 atom stereocenters. The number of hydrogen-bond donors (Lipinski definition) is 0. The van der Waals surface area contributed by atoms with Crippen LogP contribution in [0.1, 0.15) is 55.4 Å². The first-order valence-electron chi connectivity index (χ1n) is 10.6. The van der Waals surface area contributed by atoms with Crippen LogP contribution in [-0.4, -0.2) is 30.4 Å². The fourth-order valence-electron chi connectivity index (χ4n) is 2.14. The molecule has 28 heavy (non-hydrogen) atoms. The Morgan fingerprint density at radius 2 is 0.964 bits per heavy atom. The van der Waals surface area contributed by atoms with E-state index in [1.54, 1.807) is 6.07 Å². The van der Waals surface area contributed by atoms with Gasteiger partial charge in [0, 0.05) is 0 Å². The van der Waals surface area contributed by atoms with E-state index >= 15 is 0 Å². The minimum atomic E-state index is -4.52. The first-order valence-corrected chi connectivity index (χ1v) is 15.4. The van der Waals surface area contributed by atoms with E-state index in [0.29, 0.717) is 0 Å². The molecule has 0 amide bonds. The summed E-state index contributed by atoms with van der Waals surface area (Å²) in [5.41, 5.74) is 0. The number of hydrogen-bond acceptors (Lipinski definition) is 3. The largest absolute Gasteiger partial charge is 0.807 e. The van der Waals surface area contributed by atoms with E-state index < -0.39 is 7.60 Å². The van der Waals surface area contributed by atoms with Gasteiger partial charge < -0.3 is 14.4 Å². The van der Waals surface area contributed by atoms with Crippen LogP contribution in [0.3, 0.4) is 0 Å². The van der Waals surface area contributed by atoms with Crippen molar-refractivity contribution >= 4 is 43.3 Å². The Balaban J connectivity index is 0. The van der Waals surface area contributed by atoms with Gasteiger partial charge in [-0.1, -0.05) is 30.3 Å². The molecule has 0 aliphatic carbocycles. The van der Waals surface area contributed by atoms with Gasteiger partial charge in [0.05, 0.1) is 0 Å². The van der Waals surface area contributed by atoms with Crippen molar-refractivity contribution < 1.29 is 14.4 Å². The molecule has 0 radical (unpaired) electrons. The summed E-state index contributed by atoms with van der Waals surface area (Å²) in [5.74, 6) is 3.72. The Kier molecular flexibility index (Phi) is 19.9. The van der Waals surface area contributed by atoms with Crippen LogP contribution in [-0.2, 0) is 4.57 Å².